The van der Waals surface area contributed by atoms with E-state index in [-0.39, 0.29) is 17.7 Å². The van der Waals surface area contributed by atoms with Gasteiger partial charge in [0.2, 0.25) is 0 Å². The summed E-state index contributed by atoms with van der Waals surface area (Å²) >= 11 is 3.36. The molecule has 0 aliphatic rings. The fourth-order valence-electron chi connectivity index (χ4n) is 2.61. The normalized spacial score (nSPS) is 11.8. The predicted molar refractivity (Wildman–Crippen MR) is 105 cm³/mol. The molecule has 0 aliphatic heterocycles. The second-order valence-corrected chi connectivity index (χ2v) is 6.91. The van der Waals surface area contributed by atoms with Gasteiger partial charge in [0.15, 0.2) is 11.2 Å². The second kappa shape index (κ2) is 7.31. The smallest absolute Gasteiger partial charge is 0.315 e. The van der Waals surface area contributed by atoms with Crippen molar-refractivity contribution in [2.75, 3.05) is 0 Å². The van der Waals surface area contributed by atoms with Gasteiger partial charge in [-0.05, 0) is 24.6 Å². The molecule has 0 saturated heterocycles. The van der Waals surface area contributed by atoms with Crippen molar-refractivity contribution in [3.63, 3.8) is 0 Å². The van der Waals surface area contributed by atoms with Crippen molar-refractivity contribution in [2.24, 2.45) is 19.2 Å². The summed E-state index contributed by atoms with van der Waals surface area (Å²) in [6, 6.07) is 7.52. The third kappa shape index (κ3) is 3.61. The molecule has 0 fully saturated rings. The largest absolute Gasteiger partial charge is 0.332 e. The molecular weight excluding hydrogens is 416 g/mol. The number of amides is 1. The van der Waals surface area contributed by atoms with Crippen molar-refractivity contribution in [3.05, 3.63) is 61.5 Å². The highest BCUT2D eigenvalue weighted by molar-refractivity contribution is 9.10. The van der Waals surface area contributed by atoms with Gasteiger partial charge in [0.1, 0.15) is 6.54 Å². The Morgan fingerprint density at radius 2 is 1.85 bits per heavy atom. The molecule has 0 aliphatic carbocycles. The van der Waals surface area contributed by atoms with E-state index in [9.17, 15) is 14.4 Å². The van der Waals surface area contributed by atoms with Crippen LogP contribution in [-0.2, 0) is 25.4 Å². The van der Waals surface area contributed by atoms with E-state index < -0.39 is 17.2 Å². The maximum Gasteiger partial charge on any atom is 0.332 e. The number of carbonyl (C=O) groups excluding carboxylic acids is 1. The van der Waals surface area contributed by atoms with Crippen LogP contribution >= 0.6 is 15.9 Å². The van der Waals surface area contributed by atoms with Gasteiger partial charge in [0.05, 0.1) is 12.0 Å². The molecule has 3 aromatic rings. The molecule has 1 aromatic carbocycles. The standard InChI is InChI=1S/C17H17BrN6O3/c1-10(11-4-6-12(18)7-5-11)20-21-13(25)8-24-9-19-15-14(24)16(26)23(3)17(27)22(15)2/h4-7,9H,8H2,1-3H3,(H,21,25)/b20-10+. The van der Waals surface area contributed by atoms with Gasteiger partial charge in [-0.2, -0.15) is 5.10 Å². The van der Waals surface area contributed by atoms with E-state index in [1.54, 1.807) is 6.92 Å². The van der Waals surface area contributed by atoms with Crippen LogP contribution in [0.15, 0.2) is 49.8 Å². The molecule has 3 rings (SSSR count). The molecule has 0 saturated carbocycles. The van der Waals surface area contributed by atoms with Crippen LogP contribution in [0, 0.1) is 0 Å². The molecule has 0 bridgehead atoms. The molecule has 0 atom stereocenters. The molecule has 140 valence electrons. The third-order valence-corrected chi connectivity index (χ3v) is 4.67. The quantitative estimate of drug-likeness (QED) is 0.484. The van der Waals surface area contributed by atoms with Gasteiger partial charge in [-0.15, -0.1) is 0 Å². The number of nitrogens with one attached hydrogen (secondary N) is 1. The van der Waals surface area contributed by atoms with Crippen LogP contribution in [-0.4, -0.2) is 30.3 Å². The van der Waals surface area contributed by atoms with Gasteiger partial charge < -0.3 is 4.57 Å². The number of rotatable bonds is 4. The lowest BCUT2D eigenvalue weighted by Gasteiger charge is -2.06. The maximum absolute atomic E-state index is 12.4. The number of hydrogen-bond acceptors (Lipinski definition) is 5. The lowest BCUT2D eigenvalue weighted by Crippen LogP contribution is -2.38. The highest BCUT2D eigenvalue weighted by atomic mass is 79.9. The van der Waals surface area contributed by atoms with Crippen LogP contribution in [0.3, 0.4) is 0 Å². The van der Waals surface area contributed by atoms with Gasteiger partial charge in [0, 0.05) is 18.6 Å². The van der Waals surface area contributed by atoms with E-state index in [4.69, 9.17) is 0 Å². The van der Waals surface area contributed by atoms with E-state index >= 15 is 0 Å². The van der Waals surface area contributed by atoms with Gasteiger partial charge in [0.25, 0.3) is 11.5 Å². The van der Waals surface area contributed by atoms with Gasteiger partial charge in [-0.1, -0.05) is 28.1 Å². The molecule has 10 heteroatoms. The zero-order chi connectivity index (χ0) is 19.7. The summed E-state index contributed by atoms with van der Waals surface area (Å²) in [5.41, 5.74) is 3.41. The Bertz CT molecular complexity index is 1170. The van der Waals surface area contributed by atoms with E-state index in [1.165, 1.54) is 29.6 Å². The zero-order valence-corrected chi connectivity index (χ0v) is 16.5. The number of imidazole rings is 1. The molecule has 27 heavy (non-hydrogen) atoms. The molecule has 1 N–H and O–H groups in total. The van der Waals surface area contributed by atoms with Crippen LogP contribution in [0.5, 0.6) is 0 Å². The van der Waals surface area contributed by atoms with Crippen molar-refractivity contribution in [2.45, 2.75) is 13.5 Å². The Hall–Kier alpha value is -3.01. The number of aromatic nitrogens is 4. The van der Waals surface area contributed by atoms with Gasteiger partial charge in [-0.3, -0.25) is 18.7 Å². The maximum atomic E-state index is 12.4. The predicted octanol–water partition coefficient (Wildman–Crippen LogP) is 0.737. The molecular formula is C17H17BrN6O3. The Morgan fingerprint density at radius 3 is 2.52 bits per heavy atom. The molecule has 9 nitrogen and oxygen atoms in total. The van der Waals surface area contributed by atoms with Crippen LogP contribution in [0.25, 0.3) is 11.2 Å². The Balaban J connectivity index is 1.83. The first-order valence-electron chi connectivity index (χ1n) is 7.99. The van der Waals surface area contributed by atoms with Crippen molar-refractivity contribution in [1.29, 1.82) is 0 Å². The first-order chi connectivity index (χ1) is 12.8. The minimum absolute atomic E-state index is 0.152. The summed E-state index contributed by atoms with van der Waals surface area (Å²) < 4.78 is 4.60. The number of hydrazone groups is 1. The van der Waals surface area contributed by atoms with E-state index in [0.717, 1.165) is 14.6 Å². The van der Waals surface area contributed by atoms with Crippen LogP contribution in [0.4, 0.5) is 0 Å². The van der Waals surface area contributed by atoms with Crippen LogP contribution < -0.4 is 16.7 Å². The minimum Gasteiger partial charge on any atom is -0.315 e. The van der Waals surface area contributed by atoms with Gasteiger partial charge in [-0.25, -0.2) is 15.2 Å². The summed E-state index contributed by atoms with van der Waals surface area (Å²) in [5, 5.41) is 4.09. The number of hydrogen-bond donors (Lipinski definition) is 1. The van der Waals surface area contributed by atoms with Gasteiger partial charge >= 0.3 is 5.69 Å². The van der Waals surface area contributed by atoms with E-state index in [1.807, 2.05) is 24.3 Å². The van der Waals surface area contributed by atoms with E-state index in [0.29, 0.717) is 5.71 Å². The minimum atomic E-state index is -0.507. The molecule has 0 unspecified atom stereocenters. The fourth-order valence-corrected chi connectivity index (χ4v) is 2.87. The number of aryl methyl sites for hydroxylation is 1. The lowest BCUT2D eigenvalue weighted by molar-refractivity contribution is -0.121. The van der Waals surface area contributed by atoms with Crippen molar-refractivity contribution in [3.8, 4) is 0 Å². The van der Waals surface area contributed by atoms with Crippen LogP contribution in [0.2, 0.25) is 0 Å². The SMILES string of the molecule is C/C(=N\NC(=O)Cn1cnc2c1c(=O)n(C)c(=O)n2C)c1ccc(Br)cc1. The summed E-state index contributed by atoms with van der Waals surface area (Å²) in [6.45, 7) is 1.63. The molecule has 2 heterocycles. The number of fused-ring (bicyclic) bond motifs is 1. The third-order valence-electron chi connectivity index (χ3n) is 4.14. The van der Waals surface area contributed by atoms with Crippen LogP contribution in [0.1, 0.15) is 12.5 Å². The highest BCUT2D eigenvalue weighted by Crippen LogP contribution is 2.11. The second-order valence-electron chi connectivity index (χ2n) is 5.99. The lowest BCUT2D eigenvalue weighted by atomic mass is 10.1. The summed E-state index contributed by atoms with van der Waals surface area (Å²) in [7, 11) is 2.90. The average molecular weight is 433 g/mol. The van der Waals surface area contributed by atoms with Crippen molar-refractivity contribution in [1.82, 2.24) is 24.1 Å². The first-order valence-corrected chi connectivity index (χ1v) is 8.79. The Labute approximate surface area is 162 Å². The summed E-state index contributed by atoms with van der Waals surface area (Å²) in [5.74, 6) is -0.415. The number of carbonyl (C=O) groups is 1. The molecule has 2 aromatic heterocycles. The molecule has 0 spiro atoms. The Kier molecular flexibility index (Phi) is 5.08. The monoisotopic (exact) mass is 432 g/mol. The molecule has 1 amide bonds. The Morgan fingerprint density at radius 1 is 1.19 bits per heavy atom. The highest BCUT2D eigenvalue weighted by Gasteiger charge is 2.15. The zero-order valence-electron chi connectivity index (χ0n) is 14.9. The summed E-state index contributed by atoms with van der Waals surface area (Å²) in [6.07, 6.45) is 1.36. The number of nitrogens with zero attached hydrogens (tertiary/aromatic N) is 5. The number of benzene rings is 1. The fraction of sp³-hybridized carbons (Fsp3) is 0.235. The average Bonchev–Trinajstić information content (AvgIpc) is 3.07. The van der Waals surface area contributed by atoms with E-state index in [2.05, 4.69) is 31.4 Å². The summed E-state index contributed by atoms with van der Waals surface area (Å²) in [4.78, 5) is 40.6. The van der Waals surface area contributed by atoms with Crippen molar-refractivity contribution < 1.29 is 4.79 Å². The first kappa shape index (κ1) is 18.8. The molecule has 0 radical (unpaired) electrons. The van der Waals surface area contributed by atoms with Crippen molar-refractivity contribution >= 4 is 38.7 Å². The topological polar surface area (TPSA) is 103 Å². The number of halogens is 1.